The Bertz CT molecular complexity index is 343. The molecule has 0 atom stereocenters. The van der Waals surface area contributed by atoms with Crippen molar-refractivity contribution in [1.82, 2.24) is 0 Å². The maximum Gasteiger partial charge on any atom is 0.249 e. The molecule has 1 rings (SSSR count). The Kier molecular flexibility index (Phi) is 10.2. The summed E-state index contributed by atoms with van der Waals surface area (Å²) in [6.07, 6.45) is 0. The number of hydrogen-bond donors (Lipinski definition) is 1. The van der Waals surface area contributed by atoms with Crippen molar-refractivity contribution in [2.24, 2.45) is 5.73 Å². The topological polar surface area (TPSA) is 84.0 Å². The van der Waals surface area contributed by atoms with Gasteiger partial charge in [0.05, 0.1) is 5.91 Å². The van der Waals surface area contributed by atoms with Crippen LogP contribution in [-0.2, 0) is 32.7 Å². The molecule has 17 heavy (non-hydrogen) atoms. The average Bonchev–Trinajstić information content (AvgIpc) is 2.16. The second-order valence-corrected chi connectivity index (χ2v) is 3.74. The van der Waals surface area contributed by atoms with Gasteiger partial charge in [0.2, 0.25) is 5.91 Å². The number of nitrogens with two attached hydrogens (primary N) is 1. The number of benzene rings is 1. The number of hydrogen-bond acceptors (Lipinski definition) is 2. The fourth-order valence-electron chi connectivity index (χ4n) is 0.896. The summed E-state index contributed by atoms with van der Waals surface area (Å²) in [6, 6.07) is 5.99. The summed E-state index contributed by atoms with van der Waals surface area (Å²) in [5.41, 5.74) is 11.9. The Hall–Kier alpha value is -0.736. The average molecular weight is 309 g/mol. The van der Waals surface area contributed by atoms with E-state index in [1.807, 2.05) is 0 Å². The molecule has 1 aromatic carbocycles. The minimum absolute atomic E-state index is 0. The van der Waals surface area contributed by atoms with Crippen LogP contribution in [0.1, 0.15) is 41.5 Å². The molecular weight excluding hydrogens is 293 g/mol. The third-order valence-corrected chi connectivity index (χ3v) is 1.44. The molecule has 0 aromatic heterocycles. The van der Waals surface area contributed by atoms with Crippen LogP contribution in [0.15, 0.2) is 24.3 Å². The molecule has 0 saturated heterocycles. The van der Waals surface area contributed by atoms with Gasteiger partial charge in [-0.25, -0.2) is 0 Å². The molecular formula is C12H16N2O2Y-2. The van der Waals surface area contributed by atoms with E-state index in [-0.39, 0.29) is 43.8 Å². The zero-order valence-electron chi connectivity index (χ0n) is 10.3. The largest absolute Gasteiger partial charge is 0.664 e. The van der Waals surface area contributed by atoms with Gasteiger partial charge in [-0.2, -0.15) is 20.8 Å². The third-order valence-electron chi connectivity index (χ3n) is 1.44. The SMILES string of the molecule is C[C-](C)C.[NH-]C(=O)c1ccccc1C(N)=O.[Y]. The number of amides is 2. The monoisotopic (exact) mass is 309 g/mol. The predicted molar refractivity (Wildman–Crippen MR) is 63.9 cm³/mol. The van der Waals surface area contributed by atoms with Gasteiger partial charge in [0.25, 0.3) is 0 Å². The van der Waals surface area contributed by atoms with E-state index in [0.717, 1.165) is 0 Å². The fraction of sp³-hybridized carbons (Fsp3) is 0.250. The van der Waals surface area contributed by atoms with E-state index in [0.29, 0.717) is 0 Å². The van der Waals surface area contributed by atoms with Gasteiger partial charge in [0.15, 0.2) is 0 Å². The van der Waals surface area contributed by atoms with Crippen molar-refractivity contribution in [2.45, 2.75) is 20.8 Å². The van der Waals surface area contributed by atoms with Crippen molar-refractivity contribution in [1.29, 1.82) is 0 Å². The molecule has 0 saturated carbocycles. The second-order valence-electron chi connectivity index (χ2n) is 3.74. The molecule has 1 radical (unpaired) electrons. The summed E-state index contributed by atoms with van der Waals surface area (Å²) in [6.45, 7) is 6.25. The smallest absolute Gasteiger partial charge is 0.249 e. The number of primary amides is 1. The van der Waals surface area contributed by atoms with E-state index >= 15 is 0 Å². The number of nitrogens with one attached hydrogen (secondary N) is 1. The number of carbonyl (C=O) groups is 2. The molecule has 3 N–H and O–H groups in total. The van der Waals surface area contributed by atoms with Crippen LogP contribution in [0.4, 0.5) is 0 Å². The van der Waals surface area contributed by atoms with E-state index in [1.54, 1.807) is 12.1 Å². The third kappa shape index (κ3) is 8.05. The van der Waals surface area contributed by atoms with Crippen molar-refractivity contribution in [3.05, 3.63) is 47.0 Å². The molecule has 0 bridgehead atoms. The van der Waals surface area contributed by atoms with Crippen molar-refractivity contribution in [3.63, 3.8) is 0 Å². The van der Waals surface area contributed by atoms with Crippen LogP contribution in [0.3, 0.4) is 0 Å². The Labute approximate surface area is 127 Å². The first kappa shape index (κ1) is 18.6. The maximum absolute atomic E-state index is 10.7. The van der Waals surface area contributed by atoms with E-state index in [9.17, 15) is 9.59 Å². The quantitative estimate of drug-likeness (QED) is 0.852. The zero-order chi connectivity index (χ0) is 12.7. The van der Waals surface area contributed by atoms with E-state index < -0.39 is 11.8 Å². The number of carbonyl (C=O) groups excluding carboxylic acids is 2. The molecule has 0 aliphatic heterocycles. The minimum atomic E-state index is -0.899. The van der Waals surface area contributed by atoms with Gasteiger partial charge in [0.1, 0.15) is 0 Å². The standard InChI is InChI=1S/C8H8N2O2.C4H9.Y/c9-7(11)5-3-1-2-4-6(5)8(10)12;1-4(2)3;/h1-4H,(H4,9,10,11,12);1-3H3;/q;-1;/p-1. The van der Waals surface area contributed by atoms with Gasteiger partial charge in [-0.15, -0.1) is 0 Å². The van der Waals surface area contributed by atoms with E-state index in [2.05, 4.69) is 20.8 Å². The van der Waals surface area contributed by atoms with E-state index in [4.69, 9.17) is 11.5 Å². The van der Waals surface area contributed by atoms with E-state index in [1.165, 1.54) is 18.1 Å². The summed E-state index contributed by atoms with van der Waals surface area (Å²) in [4.78, 5) is 21.3. The van der Waals surface area contributed by atoms with Crippen LogP contribution in [0, 0.1) is 5.92 Å². The van der Waals surface area contributed by atoms with Gasteiger partial charge in [-0.1, -0.05) is 18.2 Å². The van der Waals surface area contributed by atoms with Gasteiger partial charge in [-0.3, -0.25) is 4.79 Å². The molecule has 0 spiro atoms. The predicted octanol–water partition coefficient (Wildman–Crippen LogP) is 2.60. The van der Waals surface area contributed by atoms with Crippen molar-refractivity contribution in [3.8, 4) is 0 Å². The van der Waals surface area contributed by atoms with Gasteiger partial charge >= 0.3 is 0 Å². The molecule has 1 aromatic rings. The second kappa shape index (κ2) is 9.31. The van der Waals surface area contributed by atoms with Crippen LogP contribution in [0.25, 0.3) is 5.73 Å². The van der Waals surface area contributed by atoms with Crippen molar-refractivity contribution in [2.75, 3.05) is 0 Å². The van der Waals surface area contributed by atoms with Crippen LogP contribution in [-0.4, -0.2) is 11.8 Å². The van der Waals surface area contributed by atoms with Crippen LogP contribution >= 0.6 is 0 Å². The minimum Gasteiger partial charge on any atom is -0.664 e. The summed E-state index contributed by atoms with van der Waals surface area (Å²) >= 11 is 0. The zero-order valence-corrected chi connectivity index (χ0v) is 13.1. The molecule has 91 valence electrons. The van der Waals surface area contributed by atoms with Crippen LogP contribution in [0.5, 0.6) is 0 Å². The summed E-state index contributed by atoms with van der Waals surface area (Å²) in [5.74, 6) is -0.171. The van der Waals surface area contributed by atoms with Gasteiger partial charge in [0, 0.05) is 43.8 Å². The Morgan fingerprint density at radius 1 is 1.12 bits per heavy atom. The molecule has 0 heterocycles. The first-order valence-corrected chi connectivity index (χ1v) is 4.77. The molecule has 2 amide bonds. The molecule has 4 nitrogen and oxygen atoms in total. The fourth-order valence-corrected chi connectivity index (χ4v) is 0.896. The molecule has 0 aliphatic carbocycles. The maximum atomic E-state index is 10.7. The number of rotatable bonds is 2. The summed E-state index contributed by atoms with van der Waals surface area (Å²) in [5, 5.41) is 0. The summed E-state index contributed by atoms with van der Waals surface area (Å²) < 4.78 is 0. The normalized spacial score (nSPS) is 8.71. The summed E-state index contributed by atoms with van der Waals surface area (Å²) in [7, 11) is 0. The van der Waals surface area contributed by atoms with Gasteiger partial charge in [-0.05, 0) is 6.07 Å². The van der Waals surface area contributed by atoms with Gasteiger partial charge < -0.3 is 22.2 Å². The Morgan fingerprint density at radius 2 is 1.47 bits per heavy atom. The van der Waals surface area contributed by atoms with Crippen molar-refractivity contribution < 1.29 is 42.3 Å². The molecule has 5 heteroatoms. The first-order chi connectivity index (χ1) is 7.36. The Morgan fingerprint density at radius 3 is 1.71 bits per heavy atom. The first-order valence-electron chi connectivity index (χ1n) is 4.77. The molecule has 0 aliphatic rings. The Balaban J connectivity index is 0. The molecule has 0 unspecified atom stereocenters. The van der Waals surface area contributed by atoms with Crippen molar-refractivity contribution >= 4 is 11.8 Å². The van der Waals surface area contributed by atoms with Crippen LogP contribution in [0.2, 0.25) is 0 Å². The molecule has 0 fully saturated rings. The van der Waals surface area contributed by atoms with Crippen LogP contribution < -0.4 is 5.73 Å².